The van der Waals surface area contributed by atoms with E-state index in [1.165, 1.54) is 19.2 Å². The summed E-state index contributed by atoms with van der Waals surface area (Å²) in [6.45, 7) is 0. The van der Waals surface area contributed by atoms with Gasteiger partial charge in [0.15, 0.2) is 11.6 Å². The molecule has 0 spiro atoms. The molecule has 1 aromatic carbocycles. The molecule has 2 rings (SSSR count). The summed E-state index contributed by atoms with van der Waals surface area (Å²) in [6, 6.07) is 3.52. The second-order valence-corrected chi connectivity index (χ2v) is 5.41. The molecular formula is C10H12FNO3S. The molecule has 1 aliphatic rings. The number of nitrogens with one attached hydrogen (secondary N) is 1. The van der Waals surface area contributed by atoms with Crippen molar-refractivity contribution >= 4 is 10.0 Å². The minimum Gasteiger partial charge on any atom is -0.494 e. The van der Waals surface area contributed by atoms with Crippen LogP contribution in [0.2, 0.25) is 0 Å². The minimum atomic E-state index is -3.54. The van der Waals surface area contributed by atoms with Crippen molar-refractivity contribution < 1.29 is 17.5 Å². The van der Waals surface area contributed by atoms with E-state index in [1.807, 2.05) is 0 Å². The fourth-order valence-electron chi connectivity index (χ4n) is 1.30. The fourth-order valence-corrected chi connectivity index (χ4v) is 2.62. The number of hydrogen-bond acceptors (Lipinski definition) is 3. The van der Waals surface area contributed by atoms with Crippen molar-refractivity contribution in [3.8, 4) is 5.75 Å². The Morgan fingerprint density at radius 2 is 2.12 bits per heavy atom. The molecule has 16 heavy (non-hydrogen) atoms. The molecule has 1 aliphatic carbocycles. The number of rotatable bonds is 4. The highest BCUT2D eigenvalue weighted by molar-refractivity contribution is 7.89. The molecule has 0 bridgehead atoms. The Morgan fingerprint density at radius 1 is 1.44 bits per heavy atom. The second kappa shape index (κ2) is 4.03. The first kappa shape index (κ1) is 11.3. The fraction of sp³-hybridized carbons (Fsp3) is 0.400. The van der Waals surface area contributed by atoms with Gasteiger partial charge in [-0.15, -0.1) is 0 Å². The molecular weight excluding hydrogens is 233 g/mol. The van der Waals surface area contributed by atoms with Crippen molar-refractivity contribution in [1.29, 1.82) is 0 Å². The molecule has 0 atom stereocenters. The van der Waals surface area contributed by atoms with Gasteiger partial charge in [0.05, 0.1) is 12.0 Å². The molecule has 1 fully saturated rings. The van der Waals surface area contributed by atoms with Crippen molar-refractivity contribution in [3.63, 3.8) is 0 Å². The first-order valence-electron chi connectivity index (χ1n) is 4.89. The smallest absolute Gasteiger partial charge is 0.240 e. The third-order valence-electron chi connectivity index (χ3n) is 2.33. The van der Waals surface area contributed by atoms with Gasteiger partial charge >= 0.3 is 0 Å². The van der Waals surface area contributed by atoms with Gasteiger partial charge in [-0.1, -0.05) is 0 Å². The Hall–Kier alpha value is -1.14. The summed E-state index contributed by atoms with van der Waals surface area (Å²) in [6.07, 6.45) is 1.72. The summed E-state index contributed by atoms with van der Waals surface area (Å²) in [4.78, 5) is 0.0256. The molecule has 1 saturated carbocycles. The van der Waals surface area contributed by atoms with E-state index in [-0.39, 0.29) is 16.7 Å². The van der Waals surface area contributed by atoms with Gasteiger partial charge in [-0.3, -0.25) is 0 Å². The van der Waals surface area contributed by atoms with Crippen LogP contribution in [0, 0.1) is 5.82 Å². The molecule has 0 unspecified atom stereocenters. The highest BCUT2D eigenvalue weighted by atomic mass is 32.2. The summed E-state index contributed by atoms with van der Waals surface area (Å²) in [5, 5.41) is 0. The lowest BCUT2D eigenvalue weighted by Crippen LogP contribution is -2.25. The van der Waals surface area contributed by atoms with E-state index in [0.29, 0.717) is 0 Å². The second-order valence-electron chi connectivity index (χ2n) is 3.69. The van der Waals surface area contributed by atoms with E-state index < -0.39 is 15.8 Å². The maximum absolute atomic E-state index is 13.1. The average Bonchev–Trinajstić information content (AvgIpc) is 3.01. The number of halogens is 1. The Morgan fingerprint density at radius 3 is 2.69 bits per heavy atom. The molecule has 88 valence electrons. The van der Waals surface area contributed by atoms with Crippen LogP contribution >= 0.6 is 0 Å². The van der Waals surface area contributed by atoms with Gasteiger partial charge < -0.3 is 4.74 Å². The van der Waals surface area contributed by atoms with Crippen LogP contribution in [-0.2, 0) is 10.0 Å². The van der Waals surface area contributed by atoms with Crippen LogP contribution in [0.1, 0.15) is 12.8 Å². The van der Waals surface area contributed by atoms with Gasteiger partial charge in [-0.25, -0.2) is 17.5 Å². The summed E-state index contributed by atoms with van der Waals surface area (Å²) in [7, 11) is -2.25. The van der Waals surface area contributed by atoms with Crippen molar-refractivity contribution in [3.05, 3.63) is 24.0 Å². The monoisotopic (exact) mass is 245 g/mol. The van der Waals surface area contributed by atoms with E-state index in [1.54, 1.807) is 0 Å². The lowest BCUT2D eigenvalue weighted by molar-refractivity contribution is 0.385. The third-order valence-corrected chi connectivity index (χ3v) is 3.85. The lowest BCUT2D eigenvalue weighted by atomic mass is 10.3. The molecule has 0 heterocycles. The highest BCUT2D eigenvalue weighted by Gasteiger charge is 2.28. The zero-order valence-corrected chi connectivity index (χ0v) is 9.55. The quantitative estimate of drug-likeness (QED) is 0.869. The molecule has 0 aromatic heterocycles. The van der Waals surface area contributed by atoms with Crippen LogP contribution in [-0.4, -0.2) is 21.6 Å². The summed E-state index contributed by atoms with van der Waals surface area (Å²) in [5.41, 5.74) is 0. The molecule has 0 aliphatic heterocycles. The number of benzene rings is 1. The standard InChI is InChI=1S/C10H12FNO3S/c1-15-10-6-8(4-5-9(10)11)16(13,14)12-7-2-3-7/h4-7,12H,2-3H2,1H3. The molecule has 4 nitrogen and oxygen atoms in total. The topological polar surface area (TPSA) is 55.4 Å². The molecule has 6 heteroatoms. The Balaban J connectivity index is 2.31. The lowest BCUT2D eigenvalue weighted by Gasteiger charge is -2.07. The average molecular weight is 245 g/mol. The number of sulfonamides is 1. The van der Waals surface area contributed by atoms with Crippen LogP contribution in [0.4, 0.5) is 4.39 Å². The first-order valence-corrected chi connectivity index (χ1v) is 6.37. The zero-order valence-electron chi connectivity index (χ0n) is 8.73. The predicted molar refractivity (Wildman–Crippen MR) is 56.3 cm³/mol. The van der Waals surface area contributed by atoms with Gasteiger partial charge in [0.1, 0.15) is 0 Å². The minimum absolute atomic E-state index is 0.0256. The predicted octanol–water partition coefficient (Wildman–Crippen LogP) is 1.28. The largest absolute Gasteiger partial charge is 0.494 e. The van der Waals surface area contributed by atoms with E-state index in [9.17, 15) is 12.8 Å². The number of hydrogen-bond donors (Lipinski definition) is 1. The maximum Gasteiger partial charge on any atom is 0.240 e. The maximum atomic E-state index is 13.1. The molecule has 0 amide bonds. The van der Waals surface area contributed by atoms with Crippen molar-refractivity contribution in [2.24, 2.45) is 0 Å². The zero-order chi connectivity index (χ0) is 11.8. The summed E-state index contributed by atoms with van der Waals surface area (Å²) in [5.74, 6) is -0.647. The van der Waals surface area contributed by atoms with E-state index in [4.69, 9.17) is 4.74 Å². The van der Waals surface area contributed by atoms with E-state index >= 15 is 0 Å². The van der Waals surface area contributed by atoms with Crippen LogP contribution < -0.4 is 9.46 Å². The first-order chi connectivity index (χ1) is 7.53. The van der Waals surface area contributed by atoms with Crippen molar-refractivity contribution in [1.82, 2.24) is 4.72 Å². The Labute approximate surface area is 93.5 Å². The third kappa shape index (κ3) is 2.33. The van der Waals surface area contributed by atoms with Crippen molar-refractivity contribution in [2.75, 3.05) is 7.11 Å². The molecule has 0 radical (unpaired) electrons. The van der Waals surface area contributed by atoms with Crippen LogP contribution in [0.25, 0.3) is 0 Å². The SMILES string of the molecule is COc1cc(S(=O)(=O)NC2CC2)ccc1F. The van der Waals surface area contributed by atoms with Gasteiger partial charge in [0, 0.05) is 12.1 Å². The normalized spacial score (nSPS) is 16.1. The molecule has 1 aromatic rings. The van der Waals surface area contributed by atoms with Crippen LogP contribution in [0.3, 0.4) is 0 Å². The van der Waals surface area contributed by atoms with E-state index in [0.717, 1.165) is 18.9 Å². The van der Waals surface area contributed by atoms with Crippen LogP contribution in [0.5, 0.6) is 5.75 Å². The molecule has 1 N–H and O–H groups in total. The summed E-state index contributed by atoms with van der Waals surface area (Å²) < 4.78 is 43.9. The van der Waals surface area contributed by atoms with Gasteiger partial charge in [-0.2, -0.15) is 0 Å². The van der Waals surface area contributed by atoms with Gasteiger partial charge in [0.2, 0.25) is 10.0 Å². The Bertz CT molecular complexity index is 497. The number of ether oxygens (including phenoxy) is 1. The summed E-state index contributed by atoms with van der Waals surface area (Å²) >= 11 is 0. The Kier molecular flexibility index (Phi) is 2.86. The van der Waals surface area contributed by atoms with Gasteiger partial charge in [0.25, 0.3) is 0 Å². The van der Waals surface area contributed by atoms with Gasteiger partial charge in [-0.05, 0) is 25.0 Å². The van der Waals surface area contributed by atoms with E-state index in [2.05, 4.69) is 4.72 Å². The molecule has 0 saturated heterocycles. The number of methoxy groups -OCH3 is 1. The van der Waals surface area contributed by atoms with Crippen molar-refractivity contribution in [2.45, 2.75) is 23.8 Å². The highest BCUT2D eigenvalue weighted by Crippen LogP contribution is 2.25. The van der Waals surface area contributed by atoms with Crippen LogP contribution in [0.15, 0.2) is 23.1 Å².